The van der Waals surface area contributed by atoms with Gasteiger partial charge in [0.15, 0.2) is 16.8 Å². The molecule has 0 saturated heterocycles. The SMILES string of the molecule is Cc1nc(-c2cccnc2)nc(Sc2nnc(-c3cccs3)n2C)c1C. The summed E-state index contributed by atoms with van der Waals surface area (Å²) in [5.74, 6) is 1.53. The normalized spacial score (nSPS) is 11.0. The fourth-order valence-electron chi connectivity index (χ4n) is 2.44. The smallest absolute Gasteiger partial charge is 0.197 e. The molecule has 130 valence electrons. The third-order valence-corrected chi connectivity index (χ3v) is 6.02. The lowest BCUT2D eigenvalue weighted by Crippen LogP contribution is -2.00. The molecule has 0 aliphatic heterocycles. The van der Waals surface area contributed by atoms with Crippen LogP contribution in [0.4, 0.5) is 0 Å². The highest BCUT2D eigenvalue weighted by atomic mass is 32.2. The van der Waals surface area contributed by atoms with Crippen molar-refractivity contribution in [3.05, 3.63) is 53.3 Å². The van der Waals surface area contributed by atoms with E-state index >= 15 is 0 Å². The molecule has 4 aromatic heterocycles. The lowest BCUT2D eigenvalue weighted by atomic mass is 10.2. The Balaban J connectivity index is 1.72. The molecule has 26 heavy (non-hydrogen) atoms. The quantitative estimate of drug-likeness (QED) is 0.495. The molecule has 0 spiro atoms. The van der Waals surface area contributed by atoms with Gasteiger partial charge in [0.1, 0.15) is 5.03 Å². The van der Waals surface area contributed by atoms with Crippen molar-refractivity contribution in [2.45, 2.75) is 24.0 Å². The van der Waals surface area contributed by atoms with Crippen molar-refractivity contribution < 1.29 is 0 Å². The summed E-state index contributed by atoms with van der Waals surface area (Å²) >= 11 is 3.15. The van der Waals surface area contributed by atoms with Crippen LogP contribution in [0.3, 0.4) is 0 Å². The van der Waals surface area contributed by atoms with Gasteiger partial charge in [0.2, 0.25) is 0 Å². The van der Waals surface area contributed by atoms with Crippen molar-refractivity contribution in [2.24, 2.45) is 7.05 Å². The number of hydrogen-bond acceptors (Lipinski definition) is 7. The van der Waals surface area contributed by atoms with Gasteiger partial charge in [-0.15, -0.1) is 21.5 Å². The van der Waals surface area contributed by atoms with Gasteiger partial charge in [-0.1, -0.05) is 6.07 Å². The van der Waals surface area contributed by atoms with Crippen molar-refractivity contribution in [3.8, 4) is 22.1 Å². The monoisotopic (exact) mass is 380 g/mol. The average Bonchev–Trinajstić information content (AvgIpc) is 3.30. The second-order valence-corrected chi connectivity index (χ2v) is 7.65. The zero-order valence-corrected chi connectivity index (χ0v) is 16.2. The number of aromatic nitrogens is 6. The first-order chi connectivity index (χ1) is 12.6. The van der Waals surface area contributed by atoms with E-state index in [0.29, 0.717) is 5.82 Å². The first-order valence-electron chi connectivity index (χ1n) is 8.00. The van der Waals surface area contributed by atoms with Crippen molar-refractivity contribution in [2.75, 3.05) is 0 Å². The first kappa shape index (κ1) is 16.9. The van der Waals surface area contributed by atoms with Gasteiger partial charge < -0.3 is 4.57 Å². The van der Waals surface area contributed by atoms with Crippen molar-refractivity contribution in [3.63, 3.8) is 0 Å². The van der Waals surface area contributed by atoms with Crippen LogP contribution in [-0.4, -0.2) is 29.7 Å². The molecular weight excluding hydrogens is 364 g/mol. The second kappa shape index (κ2) is 6.97. The van der Waals surface area contributed by atoms with E-state index in [-0.39, 0.29) is 0 Å². The second-order valence-electron chi connectivity index (χ2n) is 5.75. The Bertz CT molecular complexity index is 1040. The minimum Gasteiger partial charge on any atom is -0.304 e. The number of aryl methyl sites for hydroxylation is 1. The maximum Gasteiger partial charge on any atom is 0.197 e. The van der Waals surface area contributed by atoms with Crippen LogP contribution >= 0.6 is 23.1 Å². The molecule has 0 bridgehead atoms. The lowest BCUT2D eigenvalue weighted by molar-refractivity contribution is 0.792. The molecule has 6 nitrogen and oxygen atoms in total. The Kier molecular flexibility index (Phi) is 4.52. The predicted octanol–water partition coefficient (Wildman–Crippen LogP) is 4.16. The molecule has 0 N–H and O–H groups in total. The van der Waals surface area contributed by atoms with Gasteiger partial charge in [0, 0.05) is 36.3 Å². The van der Waals surface area contributed by atoms with E-state index in [4.69, 9.17) is 4.98 Å². The highest BCUT2D eigenvalue weighted by molar-refractivity contribution is 7.99. The third kappa shape index (κ3) is 3.13. The van der Waals surface area contributed by atoms with Gasteiger partial charge >= 0.3 is 0 Å². The summed E-state index contributed by atoms with van der Waals surface area (Å²) in [6, 6.07) is 7.91. The van der Waals surface area contributed by atoms with Crippen LogP contribution in [0.1, 0.15) is 11.3 Å². The van der Waals surface area contributed by atoms with Crippen molar-refractivity contribution >= 4 is 23.1 Å². The van der Waals surface area contributed by atoms with E-state index in [1.807, 2.05) is 55.1 Å². The van der Waals surface area contributed by atoms with Crippen LogP contribution in [0.15, 0.2) is 52.2 Å². The molecule has 0 unspecified atom stereocenters. The van der Waals surface area contributed by atoms with Gasteiger partial charge in [-0.3, -0.25) is 4.98 Å². The number of hydrogen-bond donors (Lipinski definition) is 0. The summed E-state index contributed by atoms with van der Waals surface area (Å²) in [4.78, 5) is 14.6. The molecule has 0 amide bonds. The largest absolute Gasteiger partial charge is 0.304 e. The molecule has 0 atom stereocenters. The summed E-state index contributed by atoms with van der Waals surface area (Å²) in [6.07, 6.45) is 3.52. The predicted molar refractivity (Wildman–Crippen MR) is 103 cm³/mol. The van der Waals surface area contributed by atoms with Gasteiger partial charge in [0.25, 0.3) is 0 Å². The van der Waals surface area contributed by atoms with Crippen molar-refractivity contribution in [1.82, 2.24) is 29.7 Å². The maximum atomic E-state index is 4.75. The maximum absolute atomic E-state index is 4.75. The van der Waals surface area contributed by atoms with Crippen molar-refractivity contribution in [1.29, 1.82) is 0 Å². The van der Waals surface area contributed by atoms with E-state index in [1.165, 1.54) is 11.8 Å². The standard InChI is InChI=1S/C18H16N6S2/c1-11-12(2)20-15(13-6-4-8-19-10-13)21-17(11)26-18-23-22-16(24(18)3)14-7-5-9-25-14/h4-10H,1-3H3. The number of nitrogens with zero attached hydrogens (tertiary/aromatic N) is 6. The Hall–Kier alpha value is -2.58. The topological polar surface area (TPSA) is 69.4 Å². The number of pyridine rings is 1. The summed E-state index contributed by atoms with van der Waals surface area (Å²) in [5, 5.41) is 12.4. The van der Waals surface area contributed by atoms with Gasteiger partial charge in [-0.2, -0.15) is 0 Å². The number of thiophene rings is 1. The molecule has 8 heteroatoms. The fourth-order valence-corrected chi connectivity index (χ4v) is 4.09. The molecule has 0 aliphatic rings. The molecule has 0 fully saturated rings. The summed E-state index contributed by atoms with van der Waals surface area (Å²) < 4.78 is 2.00. The van der Waals surface area contributed by atoms with Crippen LogP contribution in [0.25, 0.3) is 22.1 Å². The third-order valence-electron chi connectivity index (χ3n) is 4.03. The van der Waals surface area contributed by atoms with Crippen LogP contribution in [0, 0.1) is 13.8 Å². The van der Waals surface area contributed by atoms with Crippen LogP contribution in [0.2, 0.25) is 0 Å². The minimum atomic E-state index is 0.671. The van der Waals surface area contributed by atoms with Crippen LogP contribution in [0.5, 0.6) is 0 Å². The van der Waals surface area contributed by atoms with E-state index in [0.717, 1.165) is 37.7 Å². The Morgan fingerprint density at radius 3 is 2.69 bits per heavy atom. The molecule has 4 aromatic rings. The lowest BCUT2D eigenvalue weighted by Gasteiger charge is -2.09. The van der Waals surface area contributed by atoms with E-state index in [2.05, 4.69) is 20.2 Å². The molecule has 0 saturated carbocycles. The molecule has 0 aromatic carbocycles. The molecule has 0 aliphatic carbocycles. The average molecular weight is 381 g/mol. The van der Waals surface area contributed by atoms with Crippen LogP contribution in [-0.2, 0) is 7.05 Å². The Morgan fingerprint density at radius 2 is 1.96 bits per heavy atom. The van der Waals surface area contributed by atoms with E-state index in [9.17, 15) is 0 Å². The highest BCUT2D eigenvalue weighted by Crippen LogP contribution is 2.32. The molecular formula is C18H16N6S2. The summed E-state index contributed by atoms with van der Waals surface area (Å²) in [5.41, 5.74) is 2.89. The Morgan fingerprint density at radius 1 is 1.08 bits per heavy atom. The number of rotatable bonds is 4. The fraction of sp³-hybridized carbons (Fsp3) is 0.167. The van der Waals surface area contributed by atoms with Crippen LogP contribution < -0.4 is 0 Å². The zero-order chi connectivity index (χ0) is 18.1. The van der Waals surface area contributed by atoms with E-state index < -0.39 is 0 Å². The Labute approximate surface area is 159 Å². The van der Waals surface area contributed by atoms with Gasteiger partial charge in [0.05, 0.1) is 4.88 Å². The summed E-state index contributed by atoms with van der Waals surface area (Å²) in [6.45, 7) is 4.02. The first-order valence-corrected chi connectivity index (χ1v) is 9.70. The van der Waals surface area contributed by atoms with Gasteiger partial charge in [-0.25, -0.2) is 9.97 Å². The molecule has 0 radical (unpaired) electrons. The molecule has 4 heterocycles. The van der Waals surface area contributed by atoms with E-state index in [1.54, 1.807) is 23.7 Å². The zero-order valence-electron chi connectivity index (χ0n) is 14.5. The molecule has 4 rings (SSSR count). The summed E-state index contributed by atoms with van der Waals surface area (Å²) in [7, 11) is 1.97. The minimum absolute atomic E-state index is 0.671. The highest BCUT2D eigenvalue weighted by Gasteiger charge is 2.17. The van der Waals surface area contributed by atoms with Gasteiger partial charge in [-0.05, 0) is 49.2 Å².